The largest absolute Gasteiger partial charge is 0.504 e. The first-order chi connectivity index (χ1) is 14.3. The molecule has 0 unspecified atom stereocenters. The van der Waals surface area contributed by atoms with Crippen molar-refractivity contribution in [3.05, 3.63) is 51.5 Å². The Morgan fingerprint density at radius 3 is 2.79 bits per heavy atom. The second-order valence-electron chi connectivity index (χ2n) is 6.99. The van der Waals surface area contributed by atoms with E-state index in [1.54, 1.807) is 35.0 Å². The van der Waals surface area contributed by atoms with Crippen molar-refractivity contribution in [3.8, 4) is 22.1 Å². The van der Waals surface area contributed by atoms with E-state index in [0.29, 0.717) is 24.0 Å². The normalized spacial score (nSPS) is 16.0. The minimum Gasteiger partial charge on any atom is -0.504 e. The van der Waals surface area contributed by atoms with Crippen molar-refractivity contribution in [2.24, 2.45) is 10.1 Å². The van der Waals surface area contributed by atoms with Crippen molar-refractivity contribution in [1.29, 1.82) is 0 Å². The van der Waals surface area contributed by atoms with E-state index in [9.17, 15) is 5.11 Å². The van der Waals surface area contributed by atoms with Gasteiger partial charge in [-0.3, -0.25) is 4.99 Å². The number of thiazole rings is 1. The Labute approximate surface area is 178 Å². The Bertz CT molecular complexity index is 1030. The molecule has 0 aliphatic heterocycles. The van der Waals surface area contributed by atoms with E-state index in [0.717, 1.165) is 28.2 Å². The number of para-hydroxylation sites is 1. The second kappa shape index (κ2) is 9.41. The molecule has 0 spiro atoms. The van der Waals surface area contributed by atoms with Crippen LogP contribution in [0.4, 0.5) is 0 Å². The zero-order valence-electron chi connectivity index (χ0n) is 16.5. The van der Waals surface area contributed by atoms with Crippen LogP contribution >= 0.6 is 22.7 Å². The Morgan fingerprint density at radius 1 is 1.17 bits per heavy atom. The third kappa shape index (κ3) is 4.62. The van der Waals surface area contributed by atoms with Crippen LogP contribution in [-0.2, 0) is 0 Å². The Balaban J connectivity index is 1.73. The molecule has 7 heteroatoms. The summed E-state index contributed by atoms with van der Waals surface area (Å²) in [5, 5.41) is 19.4. The average molecular weight is 428 g/mol. The van der Waals surface area contributed by atoms with Crippen molar-refractivity contribution in [3.63, 3.8) is 0 Å². The highest BCUT2D eigenvalue weighted by atomic mass is 32.1. The van der Waals surface area contributed by atoms with Crippen molar-refractivity contribution in [2.75, 3.05) is 6.61 Å². The lowest BCUT2D eigenvalue weighted by atomic mass is 9.96. The van der Waals surface area contributed by atoms with Crippen LogP contribution < -0.4 is 9.54 Å². The van der Waals surface area contributed by atoms with Crippen molar-refractivity contribution in [2.45, 2.75) is 45.1 Å². The van der Waals surface area contributed by atoms with Gasteiger partial charge in [-0.25, -0.2) is 4.68 Å². The number of ether oxygens (including phenoxy) is 1. The molecule has 0 radical (unpaired) electrons. The van der Waals surface area contributed by atoms with E-state index in [1.165, 1.54) is 19.3 Å². The molecule has 1 aliphatic carbocycles. The van der Waals surface area contributed by atoms with Crippen LogP contribution in [0.2, 0.25) is 0 Å². The summed E-state index contributed by atoms with van der Waals surface area (Å²) < 4.78 is 7.39. The highest BCUT2D eigenvalue weighted by molar-refractivity contribution is 7.14. The molecule has 0 bridgehead atoms. The summed E-state index contributed by atoms with van der Waals surface area (Å²) in [6.07, 6.45) is 7.78. The van der Waals surface area contributed by atoms with E-state index in [4.69, 9.17) is 14.8 Å². The quantitative estimate of drug-likeness (QED) is 0.528. The standard InChI is InChI=1S/C22H25N3O2S2/c1-2-27-19-11-6-8-16(21(19)26)14-23-25-18(20-12-7-13-28-20)15-29-22(25)24-17-9-4-3-5-10-17/h6-8,11-15,17,26H,2-5,9-10H2,1H3. The van der Waals surface area contributed by atoms with Gasteiger partial charge in [0.25, 0.3) is 0 Å². The maximum atomic E-state index is 10.5. The smallest absolute Gasteiger partial charge is 0.206 e. The van der Waals surface area contributed by atoms with Crippen LogP contribution in [0.15, 0.2) is 51.2 Å². The van der Waals surface area contributed by atoms with Gasteiger partial charge in [-0.1, -0.05) is 31.4 Å². The van der Waals surface area contributed by atoms with Gasteiger partial charge in [0.2, 0.25) is 4.80 Å². The Hall–Kier alpha value is -2.38. The first-order valence-corrected chi connectivity index (χ1v) is 11.8. The van der Waals surface area contributed by atoms with Crippen molar-refractivity contribution >= 4 is 28.9 Å². The van der Waals surface area contributed by atoms with Crippen molar-refractivity contribution < 1.29 is 9.84 Å². The fourth-order valence-electron chi connectivity index (χ4n) is 3.50. The molecular weight excluding hydrogens is 402 g/mol. The monoisotopic (exact) mass is 427 g/mol. The van der Waals surface area contributed by atoms with Gasteiger partial charge < -0.3 is 9.84 Å². The zero-order valence-corrected chi connectivity index (χ0v) is 18.1. The van der Waals surface area contributed by atoms with Crippen LogP contribution in [0.25, 0.3) is 10.6 Å². The fraction of sp³-hybridized carbons (Fsp3) is 0.364. The topological polar surface area (TPSA) is 59.1 Å². The lowest BCUT2D eigenvalue weighted by Crippen LogP contribution is -2.18. The van der Waals surface area contributed by atoms with E-state index < -0.39 is 0 Å². The molecule has 1 N–H and O–H groups in total. The van der Waals surface area contributed by atoms with Crippen LogP contribution in [-0.4, -0.2) is 28.6 Å². The molecule has 0 saturated heterocycles. The molecule has 5 nitrogen and oxygen atoms in total. The minimum atomic E-state index is 0.109. The van der Waals surface area contributed by atoms with Gasteiger partial charge in [0.05, 0.1) is 29.4 Å². The predicted molar refractivity (Wildman–Crippen MR) is 120 cm³/mol. The molecule has 29 heavy (non-hydrogen) atoms. The molecule has 1 aliphatic rings. The first-order valence-electron chi connectivity index (χ1n) is 10.0. The molecule has 1 saturated carbocycles. The number of thiophene rings is 1. The maximum absolute atomic E-state index is 10.5. The minimum absolute atomic E-state index is 0.109. The summed E-state index contributed by atoms with van der Waals surface area (Å²) >= 11 is 3.31. The van der Waals surface area contributed by atoms with Gasteiger partial charge in [0.1, 0.15) is 0 Å². The number of phenols is 1. The molecule has 1 aromatic carbocycles. The number of rotatable bonds is 6. The predicted octanol–water partition coefficient (Wildman–Crippen LogP) is 5.50. The molecule has 3 aromatic rings. The maximum Gasteiger partial charge on any atom is 0.206 e. The molecule has 152 valence electrons. The van der Waals surface area contributed by atoms with Crippen LogP contribution in [0.1, 0.15) is 44.6 Å². The Morgan fingerprint density at radius 2 is 2.03 bits per heavy atom. The number of nitrogens with zero attached hydrogens (tertiary/aromatic N) is 3. The summed E-state index contributed by atoms with van der Waals surface area (Å²) in [6.45, 7) is 2.40. The van der Waals surface area contributed by atoms with Gasteiger partial charge in [-0.05, 0) is 43.3 Å². The molecule has 2 heterocycles. The van der Waals surface area contributed by atoms with Gasteiger partial charge in [0, 0.05) is 10.9 Å². The molecule has 4 rings (SSSR count). The molecule has 0 amide bonds. The highest BCUT2D eigenvalue weighted by Crippen LogP contribution is 2.29. The first kappa shape index (κ1) is 19.9. The van der Waals surface area contributed by atoms with Crippen molar-refractivity contribution in [1.82, 2.24) is 4.68 Å². The summed E-state index contributed by atoms with van der Waals surface area (Å²) in [4.78, 5) is 7.06. The SMILES string of the molecule is CCOc1cccc(C=Nn2c(-c3cccs3)csc2=NC2CCCCC2)c1O. The Kier molecular flexibility index (Phi) is 6.46. The third-order valence-electron chi connectivity index (χ3n) is 4.97. The highest BCUT2D eigenvalue weighted by Gasteiger charge is 2.14. The summed E-state index contributed by atoms with van der Waals surface area (Å²) in [7, 11) is 0. The lowest BCUT2D eigenvalue weighted by molar-refractivity contribution is 0.318. The molecule has 0 atom stereocenters. The van der Waals surface area contributed by atoms with Crippen LogP contribution in [0.5, 0.6) is 11.5 Å². The number of hydrogen-bond donors (Lipinski definition) is 1. The molecule has 1 fully saturated rings. The third-order valence-corrected chi connectivity index (χ3v) is 6.69. The van der Waals surface area contributed by atoms with E-state index >= 15 is 0 Å². The number of hydrogen-bond acceptors (Lipinski definition) is 6. The fourth-order valence-corrected chi connectivity index (χ4v) is 5.20. The van der Waals surface area contributed by atoms with Crippen LogP contribution in [0.3, 0.4) is 0 Å². The van der Waals surface area contributed by atoms with E-state index in [2.05, 4.69) is 16.8 Å². The van der Waals surface area contributed by atoms with Gasteiger partial charge in [-0.2, -0.15) is 5.10 Å². The number of phenolic OH excluding ortho intramolecular Hbond substituents is 1. The number of aromatic hydroxyl groups is 1. The molecular formula is C22H25N3O2S2. The molecule has 2 aromatic heterocycles. The zero-order chi connectivity index (χ0) is 20.1. The van der Waals surface area contributed by atoms with Gasteiger partial charge >= 0.3 is 0 Å². The number of aromatic nitrogens is 1. The average Bonchev–Trinajstić information content (AvgIpc) is 3.40. The second-order valence-corrected chi connectivity index (χ2v) is 8.77. The van der Waals surface area contributed by atoms with Gasteiger partial charge in [-0.15, -0.1) is 22.7 Å². The van der Waals surface area contributed by atoms with E-state index in [-0.39, 0.29) is 5.75 Å². The van der Waals surface area contributed by atoms with E-state index in [1.807, 2.05) is 29.8 Å². The summed E-state index contributed by atoms with van der Waals surface area (Å²) in [5.74, 6) is 0.578. The lowest BCUT2D eigenvalue weighted by Gasteiger charge is -2.16. The van der Waals surface area contributed by atoms with Gasteiger partial charge in [0.15, 0.2) is 11.5 Å². The summed E-state index contributed by atoms with van der Waals surface area (Å²) in [5.41, 5.74) is 1.65. The number of benzene rings is 1. The van der Waals surface area contributed by atoms with Crippen LogP contribution in [0, 0.1) is 0 Å². The summed E-state index contributed by atoms with van der Waals surface area (Å²) in [6, 6.07) is 9.95.